The average molecular weight is 396 g/mol. The molecule has 0 aromatic heterocycles. The van der Waals surface area contributed by atoms with Crippen LogP contribution in [0.3, 0.4) is 0 Å². The lowest BCUT2D eigenvalue weighted by atomic mass is 9.93. The molecule has 2 aromatic rings. The van der Waals surface area contributed by atoms with Gasteiger partial charge >= 0.3 is 6.09 Å². The van der Waals surface area contributed by atoms with Gasteiger partial charge in [0.05, 0.1) is 12.6 Å². The fraction of sp³-hybridized carbons (Fsp3) is 0.391. The third-order valence-corrected chi connectivity index (χ3v) is 4.83. The predicted octanol–water partition coefficient (Wildman–Crippen LogP) is 3.20. The molecular formula is C23H28N2O4. The van der Waals surface area contributed by atoms with E-state index in [4.69, 9.17) is 4.74 Å². The summed E-state index contributed by atoms with van der Waals surface area (Å²) in [5, 5.41) is 13.1. The van der Waals surface area contributed by atoms with E-state index in [0.717, 1.165) is 16.7 Å². The first-order valence-electron chi connectivity index (χ1n) is 9.82. The van der Waals surface area contributed by atoms with E-state index in [0.29, 0.717) is 13.0 Å². The maximum atomic E-state index is 13.0. The van der Waals surface area contributed by atoms with Crippen LogP contribution in [0.4, 0.5) is 4.79 Å². The molecule has 0 aliphatic carbocycles. The van der Waals surface area contributed by atoms with Gasteiger partial charge in [-0.05, 0) is 37.5 Å². The highest BCUT2D eigenvalue weighted by Crippen LogP contribution is 2.25. The van der Waals surface area contributed by atoms with Gasteiger partial charge in [-0.25, -0.2) is 4.79 Å². The Morgan fingerprint density at radius 2 is 1.72 bits per heavy atom. The fourth-order valence-corrected chi connectivity index (χ4v) is 3.38. The second kappa shape index (κ2) is 8.66. The normalized spacial score (nSPS) is 17.2. The number of amides is 2. The number of nitrogens with zero attached hydrogens (tertiary/aromatic N) is 1. The van der Waals surface area contributed by atoms with Gasteiger partial charge in [-0.2, -0.15) is 0 Å². The molecule has 154 valence electrons. The first-order chi connectivity index (χ1) is 13.7. The lowest BCUT2D eigenvalue weighted by Gasteiger charge is -2.37. The summed E-state index contributed by atoms with van der Waals surface area (Å²) >= 11 is 0. The summed E-state index contributed by atoms with van der Waals surface area (Å²) in [5.74, 6) is -0.305. The molecule has 0 bridgehead atoms. The van der Waals surface area contributed by atoms with Crippen molar-refractivity contribution in [2.75, 3.05) is 6.54 Å². The topological polar surface area (TPSA) is 78.9 Å². The Balaban J connectivity index is 1.74. The van der Waals surface area contributed by atoms with Crippen LogP contribution in [0.5, 0.6) is 0 Å². The molecule has 2 unspecified atom stereocenters. The van der Waals surface area contributed by atoms with E-state index in [2.05, 4.69) is 5.32 Å². The van der Waals surface area contributed by atoms with E-state index in [1.807, 2.05) is 42.5 Å². The number of carbonyl (C=O) groups is 2. The van der Waals surface area contributed by atoms with Crippen molar-refractivity contribution in [2.45, 2.75) is 51.5 Å². The van der Waals surface area contributed by atoms with Gasteiger partial charge in [0.1, 0.15) is 11.6 Å². The van der Waals surface area contributed by atoms with Crippen LogP contribution in [0.25, 0.3) is 0 Å². The third kappa shape index (κ3) is 5.35. The van der Waals surface area contributed by atoms with E-state index in [-0.39, 0.29) is 12.5 Å². The second-order valence-electron chi connectivity index (χ2n) is 8.27. The summed E-state index contributed by atoms with van der Waals surface area (Å²) in [4.78, 5) is 27.2. The van der Waals surface area contributed by atoms with Gasteiger partial charge in [0.2, 0.25) is 5.91 Å². The van der Waals surface area contributed by atoms with Gasteiger partial charge in [-0.1, -0.05) is 54.6 Å². The number of hydrogen-bond donors (Lipinski definition) is 2. The number of aliphatic hydroxyl groups is 1. The van der Waals surface area contributed by atoms with Crippen molar-refractivity contribution in [3.05, 3.63) is 71.3 Å². The van der Waals surface area contributed by atoms with E-state index in [1.54, 1.807) is 32.9 Å². The molecular weight excluding hydrogens is 368 g/mol. The van der Waals surface area contributed by atoms with Crippen molar-refractivity contribution >= 4 is 12.0 Å². The van der Waals surface area contributed by atoms with Crippen molar-refractivity contribution in [1.29, 1.82) is 0 Å². The molecule has 6 heteroatoms. The standard InChI is InChI=1S/C23H28N2O4/c1-23(2,3)29-22(28)25-15-18-12-8-7-11-17(18)13-19(25)21(27)24-14-20(26)16-9-5-4-6-10-16/h4-12,19-20,26H,13-15H2,1-3H3,(H,24,27). The second-order valence-corrected chi connectivity index (χ2v) is 8.27. The van der Waals surface area contributed by atoms with Crippen LogP contribution < -0.4 is 5.32 Å². The van der Waals surface area contributed by atoms with Crippen LogP contribution in [0.2, 0.25) is 0 Å². The van der Waals surface area contributed by atoms with Crippen LogP contribution >= 0.6 is 0 Å². The molecule has 0 spiro atoms. The Hall–Kier alpha value is -2.86. The number of hydrogen-bond acceptors (Lipinski definition) is 4. The summed E-state index contributed by atoms with van der Waals surface area (Å²) in [6.45, 7) is 5.78. The highest BCUT2D eigenvalue weighted by atomic mass is 16.6. The number of ether oxygens (including phenoxy) is 1. The summed E-state index contributed by atoms with van der Waals surface area (Å²) in [7, 11) is 0. The molecule has 0 saturated heterocycles. The summed E-state index contributed by atoms with van der Waals surface area (Å²) in [6, 6.07) is 16.2. The summed E-state index contributed by atoms with van der Waals surface area (Å²) < 4.78 is 5.53. The molecule has 1 aliphatic heterocycles. The molecule has 29 heavy (non-hydrogen) atoms. The molecule has 3 rings (SSSR count). The molecule has 1 heterocycles. The van der Waals surface area contributed by atoms with Crippen molar-refractivity contribution < 1.29 is 19.4 Å². The van der Waals surface area contributed by atoms with Crippen LogP contribution in [-0.2, 0) is 22.5 Å². The Morgan fingerprint density at radius 3 is 2.38 bits per heavy atom. The molecule has 0 saturated carbocycles. The largest absolute Gasteiger partial charge is 0.444 e. The first kappa shape index (κ1) is 20.9. The van der Waals surface area contributed by atoms with Gasteiger partial charge in [0.15, 0.2) is 0 Å². The zero-order valence-electron chi connectivity index (χ0n) is 17.1. The highest BCUT2D eigenvalue weighted by molar-refractivity contribution is 5.86. The van der Waals surface area contributed by atoms with Gasteiger partial charge < -0.3 is 15.2 Å². The minimum atomic E-state index is -0.814. The predicted molar refractivity (Wildman–Crippen MR) is 110 cm³/mol. The molecule has 0 fully saturated rings. The lowest BCUT2D eigenvalue weighted by Crippen LogP contribution is -2.54. The number of benzene rings is 2. The third-order valence-electron chi connectivity index (χ3n) is 4.83. The van der Waals surface area contributed by atoms with Gasteiger partial charge in [-0.3, -0.25) is 9.69 Å². The Morgan fingerprint density at radius 1 is 1.10 bits per heavy atom. The minimum Gasteiger partial charge on any atom is -0.444 e. The molecule has 0 radical (unpaired) electrons. The van der Waals surface area contributed by atoms with Crippen LogP contribution in [0.1, 0.15) is 43.6 Å². The smallest absolute Gasteiger partial charge is 0.411 e. The monoisotopic (exact) mass is 396 g/mol. The average Bonchev–Trinajstić information content (AvgIpc) is 2.70. The van der Waals surface area contributed by atoms with Crippen LogP contribution in [0.15, 0.2) is 54.6 Å². The summed E-state index contributed by atoms with van der Waals surface area (Å²) in [5.41, 5.74) is 2.12. The Bertz CT molecular complexity index is 861. The molecule has 2 aromatic carbocycles. The van der Waals surface area contributed by atoms with Crippen molar-refractivity contribution in [1.82, 2.24) is 10.2 Å². The lowest BCUT2D eigenvalue weighted by molar-refractivity contribution is -0.127. The summed E-state index contributed by atoms with van der Waals surface area (Å²) in [6.07, 6.45) is -0.926. The fourth-order valence-electron chi connectivity index (χ4n) is 3.38. The molecule has 2 atom stereocenters. The SMILES string of the molecule is CC(C)(C)OC(=O)N1Cc2ccccc2CC1C(=O)NCC(O)c1ccccc1. The van der Waals surface area contributed by atoms with E-state index >= 15 is 0 Å². The maximum absolute atomic E-state index is 13.0. The Kier molecular flexibility index (Phi) is 6.23. The zero-order valence-corrected chi connectivity index (χ0v) is 17.1. The number of aliphatic hydroxyl groups excluding tert-OH is 1. The maximum Gasteiger partial charge on any atom is 0.411 e. The molecule has 6 nitrogen and oxygen atoms in total. The quantitative estimate of drug-likeness (QED) is 0.832. The van der Waals surface area contributed by atoms with Gasteiger partial charge in [0.25, 0.3) is 0 Å². The number of fused-ring (bicyclic) bond motifs is 1. The van der Waals surface area contributed by atoms with Gasteiger partial charge in [-0.15, -0.1) is 0 Å². The van der Waals surface area contributed by atoms with Crippen molar-refractivity contribution in [3.63, 3.8) is 0 Å². The molecule has 1 aliphatic rings. The minimum absolute atomic E-state index is 0.0726. The van der Waals surface area contributed by atoms with Crippen molar-refractivity contribution in [3.8, 4) is 0 Å². The van der Waals surface area contributed by atoms with Crippen LogP contribution in [0, 0.1) is 0 Å². The molecule has 2 amide bonds. The van der Waals surface area contributed by atoms with E-state index in [9.17, 15) is 14.7 Å². The first-order valence-corrected chi connectivity index (χ1v) is 9.82. The van der Waals surface area contributed by atoms with E-state index in [1.165, 1.54) is 4.90 Å². The zero-order chi connectivity index (χ0) is 21.0. The highest BCUT2D eigenvalue weighted by Gasteiger charge is 2.37. The number of nitrogens with one attached hydrogen (secondary N) is 1. The molecule has 2 N–H and O–H groups in total. The van der Waals surface area contributed by atoms with Gasteiger partial charge in [0, 0.05) is 13.0 Å². The van der Waals surface area contributed by atoms with Crippen molar-refractivity contribution in [2.24, 2.45) is 0 Å². The Labute approximate surface area is 171 Å². The van der Waals surface area contributed by atoms with Crippen LogP contribution in [-0.4, -0.2) is 40.2 Å². The number of carbonyl (C=O) groups excluding carboxylic acids is 2. The number of rotatable bonds is 4. The van der Waals surface area contributed by atoms with E-state index < -0.39 is 23.8 Å².